The largest absolute Gasteiger partial charge is 0.507 e. The molecule has 4 rings (SSSR count). The molecule has 0 amide bonds. The molecule has 0 spiro atoms. The molecule has 2 aromatic carbocycles. The fourth-order valence-electron chi connectivity index (χ4n) is 3.57. The van der Waals surface area contributed by atoms with Gasteiger partial charge in [0.25, 0.3) is 0 Å². The summed E-state index contributed by atoms with van der Waals surface area (Å²) in [5.74, 6) is -3.11. The molecule has 0 fully saturated rings. The van der Waals surface area contributed by atoms with Crippen LogP contribution in [0.5, 0.6) is 0 Å². The highest BCUT2D eigenvalue weighted by atomic mass is 19.1. The van der Waals surface area contributed by atoms with Gasteiger partial charge < -0.3 is 19.5 Å². The van der Waals surface area contributed by atoms with Crippen molar-refractivity contribution < 1.29 is 44.3 Å². The van der Waals surface area contributed by atoms with E-state index in [9.17, 15) is 33.5 Å². The Morgan fingerprint density at radius 1 is 0.775 bits per heavy atom. The summed E-state index contributed by atoms with van der Waals surface area (Å²) < 4.78 is 25.2. The van der Waals surface area contributed by atoms with E-state index in [4.69, 9.17) is 10.8 Å². The molecule has 0 aromatic heterocycles. The Kier molecular flexibility index (Phi) is 12.7. The van der Waals surface area contributed by atoms with Crippen molar-refractivity contribution in [3.8, 4) is 0 Å². The van der Waals surface area contributed by atoms with Crippen LogP contribution in [0.4, 0.5) is 4.39 Å². The summed E-state index contributed by atoms with van der Waals surface area (Å²) in [6.07, 6.45) is 2.12. The first kappa shape index (κ1) is 31.9. The van der Waals surface area contributed by atoms with E-state index in [1.54, 1.807) is 69.6 Å². The average Bonchev–Trinajstić information content (AvgIpc) is 2.94. The van der Waals surface area contributed by atoms with Crippen LogP contribution in [0.15, 0.2) is 66.4 Å². The summed E-state index contributed by atoms with van der Waals surface area (Å²) in [4.78, 5) is 61.2. The lowest BCUT2D eigenvalue weighted by Gasteiger charge is -2.19. The second-order valence-electron chi connectivity index (χ2n) is 8.55. The normalized spacial score (nSPS) is 15.0. The number of rotatable bonds is 4. The fraction of sp³-hybridized carbons (Fsp3) is 0.276. The van der Waals surface area contributed by atoms with Crippen molar-refractivity contribution in [3.63, 3.8) is 0 Å². The number of carbonyl (C=O) groups is 5. The average molecular weight is 558 g/mol. The van der Waals surface area contributed by atoms with E-state index in [0.717, 1.165) is 6.08 Å². The van der Waals surface area contributed by atoms with Crippen molar-refractivity contribution in [2.75, 3.05) is 49.6 Å². The highest BCUT2D eigenvalue weighted by Gasteiger charge is 2.35. The molecule has 40 heavy (non-hydrogen) atoms. The van der Waals surface area contributed by atoms with Gasteiger partial charge in [0.1, 0.15) is 5.76 Å². The molecule has 0 saturated heterocycles. The van der Waals surface area contributed by atoms with Crippen LogP contribution in [-0.2, 0) is 19.1 Å². The van der Waals surface area contributed by atoms with Crippen molar-refractivity contribution in [2.45, 2.75) is 6.41 Å². The van der Waals surface area contributed by atoms with Crippen molar-refractivity contribution >= 4 is 34.7 Å². The lowest BCUT2D eigenvalue weighted by molar-refractivity contribution is -0.179. The lowest BCUT2D eigenvalue weighted by Crippen LogP contribution is -2.30. The second-order valence-corrected chi connectivity index (χ2v) is 8.55. The first-order valence-corrected chi connectivity index (χ1v) is 11.6. The van der Waals surface area contributed by atoms with Gasteiger partial charge in [0.2, 0.25) is 29.5 Å². The minimum absolute atomic E-state index is 0.0706. The first-order valence-electron chi connectivity index (χ1n) is 12.3. The third-order valence-electron chi connectivity index (χ3n) is 5.26. The molecule has 0 atom stereocenters. The lowest BCUT2D eigenvalue weighted by atomic mass is 9.85. The van der Waals surface area contributed by atoms with Crippen LogP contribution in [0.1, 0.15) is 38.0 Å². The molecule has 214 valence electrons. The zero-order valence-electron chi connectivity index (χ0n) is 24.1. The third kappa shape index (κ3) is 8.34. The maximum atomic E-state index is 12.0. The Labute approximate surface area is 233 Å². The molecule has 0 aliphatic heterocycles. The molecule has 2 aromatic rings. The number of allylic oxidation sites excluding steroid dienone is 2. The van der Waals surface area contributed by atoms with Gasteiger partial charge in [-0.2, -0.15) is 0 Å². The summed E-state index contributed by atoms with van der Waals surface area (Å²) in [7, 11) is 9.37. The molecular formula is C29H33FN2O8. The number of aliphatic hydroxyl groups is 1. The number of ether oxygens (including phenoxy) is 2. The van der Waals surface area contributed by atoms with Gasteiger partial charge in [-0.3, -0.25) is 33.3 Å². The molecule has 1 N–H and O–H groups in total. The predicted octanol–water partition coefficient (Wildman–Crippen LogP) is 3.14. The van der Waals surface area contributed by atoms with E-state index in [2.05, 4.69) is 0 Å². The van der Waals surface area contributed by atoms with E-state index in [1.165, 1.54) is 18.3 Å². The number of halogens is 1. The number of hydrogen-bond acceptors (Lipinski definition) is 10. The van der Waals surface area contributed by atoms with E-state index < -0.39 is 30.3 Å². The van der Waals surface area contributed by atoms with Gasteiger partial charge in [-0.25, -0.2) is 0 Å². The predicted molar refractivity (Wildman–Crippen MR) is 147 cm³/mol. The van der Waals surface area contributed by atoms with Gasteiger partial charge in [0.05, 0.1) is 14.1 Å². The number of hydrogen-bond donors (Lipinski definition) is 1. The number of alkyl halides is 1. The molecule has 0 unspecified atom stereocenters. The van der Waals surface area contributed by atoms with Crippen LogP contribution in [-0.4, -0.2) is 99.8 Å². The molecule has 2 aliphatic carbocycles. The van der Waals surface area contributed by atoms with Gasteiger partial charge in [0.15, 0.2) is 5.78 Å². The number of fused-ring (bicyclic) bond motifs is 2. The Balaban J connectivity index is 0.000000311. The van der Waals surface area contributed by atoms with Gasteiger partial charge >= 0.3 is 0 Å². The van der Waals surface area contributed by atoms with Crippen LogP contribution in [0.2, 0.25) is 0 Å². The maximum Gasteiger partial charge on any atom is 0.238 e. The Hall–Kier alpha value is -4.32. The van der Waals surface area contributed by atoms with Crippen molar-refractivity contribution in [3.05, 3.63) is 88.6 Å². The zero-order chi connectivity index (χ0) is 31.3. The van der Waals surface area contributed by atoms with E-state index in [-0.39, 0.29) is 34.7 Å². The molecule has 0 radical (unpaired) electrons. The number of ketones is 5. The van der Waals surface area contributed by atoms with E-state index in [1.807, 2.05) is 19.0 Å². The van der Waals surface area contributed by atoms with Crippen molar-refractivity contribution in [1.29, 1.82) is 0 Å². The van der Waals surface area contributed by atoms with Gasteiger partial charge in [-0.15, -0.1) is 0 Å². The Bertz CT molecular complexity index is 1330. The Morgan fingerprint density at radius 2 is 1.20 bits per heavy atom. The summed E-state index contributed by atoms with van der Waals surface area (Å²) in [6.45, 7) is 0. The Morgan fingerprint density at radius 3 is 1.60 bits per heavy atom. The van der Waals surface area contributed by atoms with Crippen LogP contribution in [0, 0.1) is 0 Å². The summed E-state index contributed by atoms with van der Waals surface area (Å²) in [5, 5.41) is 9.34. The molecular weight excluding hydrogens is 523 g/mol. The minimum atomic E-state index is -1.00. The van der Waals surface area contributed by atoms with Crippen LogP contribution in [0.25, 0.3) is 5.76 Å². The van der Waals surface area contributed by atoms with Crippen molar-refractivity contribution in [2.24, 2.45) is 0 Å². The van der Waals surface area contributed by atoms with E-state index in [0.29, 0.717) is 11.1 Å². The number of Topliss-reactive ketones (excluding diaryl/α,β-unsaturated/α-hetero) is 4. The fourth-order valence-corrected chi connectivity index (χ4v) is 3.57. The molecule has 0 bridgehead atoms. The molecule has 10 nitrogen and oxygen atoms in total. The SMILES string of the molecule is CN(C)/C=C1/C(=O)C(=O)c2ccccc2C1=O.COC(OC)N(C)C.O=C1C=C(O)c2ccccc2C1=O.[2H]CF. The van der Waals surface area contributed by atoms with Gasteiger partial charge in [0, 0.05) is 62.8 Å². The van der Waals surface area contributed by atoms with Crippen LogP contribution >= 0.6 is 0 Å². The third-order valence-corrected chi connectivity index (χ3v) is 5.26. The standard InChI is InChI=1S/C13H11NO3.C10H6O3.C5H13NO2.CH3F/c1-14(2)7-10-11(15)8-5-3-4-6-9(8)12(16)13(10)17;11-8-5-9(12)10(13)7-4-2-1-3-6(7)8;1-6(2)5(7-3)8-4;1-2/h3-7H,1-2H3;1-5,11H;5H,1-4H3;1H3/b10-7+;;;/i;;;1D. The van der Waals surface area contributed by atoms with Crippen LogP contribution in [0.3, 0.4) is 0 Å². The second kappa shape index (κ2) is 15.9. The smallest absolute Gasteiger partial charge is 0.238 e. The number of methoxy groups -OCH3 is 2. The topological polar surface area (TPSA) is 131 Å². The van der Waals surface area contributed by atoms with Crippen molar-refractivity contribution in [1.82, 2.24) is 9.80 Å². The van der Waals surface area contributed by atoms with E-state index >= 15 is 0 Å². The van der Waals surface area contributed by atoms with Crippen LogP contribution < -0.4 is 0 Å². The molecule has 11 heteroatoms. The molecule has 2 aliphatic rings. The highest BCUT2D eigenvalue weighted by Crippen LogP contribution is 2.23. The highest BCUT2D eigenvalue weighted by molar-refractivity contribution is 6.59. The summed E-state index contributed by atoms with van der Waals surface area (Å²) >= 11 is 0. The number of benzene rings is 2. The quantitative estimate of drug-likeness (QED) is 0.259. The van der Waals surface area contributed by atoms with Gasteiger partial charge in [-0.05, 0) is 14.1 Å². The summed E-state index contributed by atoms with van der Waals surface area (Å²) in [5.41, 5.74) is 1.11. The monoisotopic (exact) mass is 557 g/mol. The summed E-state index contributed by atoms with van der Waals surface area (Å²) in [6, 6.07) is 12.9. The molecule has 0 saturated carbocycles. The first-order chi connectivity index (χ1) is 19.4. The number of carbonyl (C=O) groups excluding carboxylic acids is 5. The number of nitrogens with zero attached hydrogens (tertiary/aromatic N) is 2. The minimum Gasteiger partial charge on any atom is -0.507 e. The van der Waals surface area contributed by atoms with Gasteiger partial charge in [-0.1, -0.05) is 48.5 Å². The maximum absolute atomic E-state index is 12.0. The molecule has 0 heterocycles. The number of aliphatic hydroxyl groups excluding tert-OH is 1. The zero-order valence-corrected chi connectivity index (χ0v) is 23.1.